The van der Waals surface area contributed by atoms with E-state index >= 15 is 0 Å². The van der Waals surface area contributed by atoms with Gasteiger partial charge >= 0.3 is 0 Å². The first-order valence-electron chi connectivity index (χ1n) is 6.58. The molecule has 1 aromatic carbocycles. The molecule has 1 aromatic heterocycles. The summed E-state index contributed by atoms with van der Waals surface area (Å²) in [7, 11) is 1.67. The molecule has 0 amide bonds. The number of halogens is 1. The van der Waals surface area contributed by atoms with Crippen molar-refractivity contribution in [1.29, 1.82) is 5.26 Å². The number of anilines is 1. The Morgan fingerprint density at radius 2 is 2.14 bits per heavy atom. The van der Waals surface area contributed by atoms with Gasteiger partial charge in [-0.1, -0.05) is 29.3 Å². The SMILES string of the molecule is COc1ccc(C)cc1CCNc1ccc(Cl)c(C#N)n1. The average molecular weight is 302 g/mol. The largest absolute Gasteiger partial charge is 0.496 e. The summed E-state index contributed by atoms with van der Waals surface area (Å²) < 4.78 is 5.35. The lowest BCUT2D eigenvalue weighted by Gasteiger charge is -2.10. The molecule has 2 aromatic rings. The molecule has 0 atom stereocenters. The minimum Gasteiger partial charge on any atom is -0.496 e. The fraction of sp³-hybridized carbons (Fsp3) is 0.250. The lowest BCUT2D eigenvalue weighted by Crippen LogP contribution is -2.08. The first kappa shape index (κ1) is 15.1. The van der Waals surface area contributed by atoms with E-state index in [4.69, 9.17) is 21.6 Å². The molecule has 0 radical (unpaired) electrons. The predicted molar refractivity (Wildman–Crippen MR) is 83.9 cm³/mol. The van der Waals surface area contributed by atoms with Gasteiger partial charge in [-0.2, -0.15) is 5.26 Å². The molecule has 0 spiro atoms. The average Bonchev–Trinajstić information content (AvgIpc) is 2.49. The summed E-state index contributed by atoms with van der Waals surface area (Å²) in [4.78, 5) is 4.15. The van der Waals surface area contributed by atoms with E-state index < -0.39 is 0 Å². The smallest absolute Gasteiger partial charge is 0.161 e. The fourth-order valence-corrected chi connectivity index (χ4v) is 2.19. The summed E-state index contributed by atoms with van der Waals surface area (Å²) in [5.74, 6) is 1.52. The van der Waals surface area contributed by atoms with Gasteiger partial charge in [-0.15, -0.1) is 0 Å². The third-order valence-corrected chi connectivity index (χ3v) is 3.39. The van der Waals surface area contributed by atoms with Crippen LogP contribution in [-0.4, -0.2) is 18.6 Å². The first-order chi connectivity index (χ1) is 10.1. The molecule has 0 unspecified atom stereocenters. The van der Waals surface area contributed by atoms with Gasteiger partial charge in [0.1, 0.15) is 17.6 Å². The van der Waals surface area contributed by atoms with E-state index in [-0.39, 0.29) is 5.69 Å². The number of methoxy groups -OCH3 is 1. The molecular weight excluding hydrogens is 286 g/mol. The van der Waals surface area contributed by atoms with Gasteiger partial charge in [-0.3, -0.25) is 0 Å². The van der Waals surface area contributed by atoms with Gasteiger partial charge in [-0.25, -0.2) is 4.98 Å². The third-order valence-electron chi connectivity index (χ3n) is 3.09. The number of aromatic nitrogens is 1. The molecule has 0 fully saturated rings. The number of nitriles is 1. The van der Waals surface area contributed by atoms with Crippen molar-refractivity contribution in [2.75, 3.05) is 19.0 Å². The number of rotatable bonds is 5. The lowest BCUT2D eigenvalue weighted by atomic mass is 10.1. The monoisotopic (exact) mass is 301 g/mol. The third kappa shape index (κ3) is 3.87. The van der Waals surface area contributed by atoms with Crippen molar-refractivity contribution < 1.29 is 4.74 Å². The van der Waals surface area contributed by atoms with Gasteiger partial charge in [0.2, 0.25) is 0 Å². The van der Waals surface area contributed by atoms with Gasteiger partial charge in [-0.05, 0) is 37.1 Å². The minimum absolute atomic E-state index is 0.231. The van der Waals surface area contributed by atoms with E-state index in [2.05, 4.69) is 23.3 Å². The highest BCUT2D eigenvalue weighted by Crippen LogP contribution is 2.20. The van der Waals surface area contributed by atoms with E-state index in [1.54, 1.807) is 19.2 Å². The standard InChI is InChI=1S/C16H16ClN3O/c1-11-3-5-15(21-2)12(9-11)7-8-19-16-6-4-13(17)14(10-18)20-16/h3-6,9H,7-8H2,1-2H3,(H,19,20). The molecule has 0 aliphatic rings. The second-order valence-electron chi connectivity index (χ2n) is 4.63. The Labute approximate surface area is 129 Å². The summed E-state index contributed by atoms with van der Waals surface area (Å²) in [6, 6.07) is 11.5. The fourth-order valence-electron chi connectivity index (χ4n) is 2.05. The number of nitrogens with zero attached hydrogens (tertiary/aromatic N) is 2. The van der Waals surface area contributed by atoms with E-state index in [0.29, 0.717) is 17.4 Å². The molecule has 1 heterocycles. The lowest BCUT2D eigenvalue weighted by molar-refractivity contribution is 0.410. The maximum Gasteiger partial charge on any atom is 0.161 e. The Morgan fingerprint density at radius 1 is 1.33 bits per heavy atom. The Kier molecular flexibility index (Phi) is 5.02. The Bertz CT molecular complexity index is 680. The molecule has 1 N–H and O–H groups in total. The van der Waals surface area contributed by atoms with E-state index in [0.717, 1.165) is 17.7 Å². The minimum atomic E-state index is 0.231. The van der Waals surface area contributed by atoms with Crippen LogP contribution < -0.4 is 10.1 Å². The first-order valence-corrected chi connectivity index (χ1v) is 6.96. The van der Waals surface area contributed by atoms with Crippen molar-refractivity contribution in [3.8, 4) is 11.8 Å². The van der Waals surface area contributed by atoms with E-state index in [9.17, 15) is 0 Å². The van der Waals surface area contributed by atoms with Crippen molar-refractivity contribution in [2.45, 2.75) is 13.3 Å². The van der Waals surface area contributed by atoms with Gasteiger partial charge in [0.05, 0.1) is 12.1 Å². The quantitative estimate of drug-likeness (QED) is 0.917. The molecule has 0 aliphatic carbocycles. The van der Waals surface area contributed by atoms with Crippen molar-refractivity contribution in [2.24, 2.45) is 0 Å². The van der Waals surface area contributed by atoms with E-state index in [1.807, 2.05) is 18.2 Å². The molecule has 0 saturated carbocycles. The molecule has 0 saturated heterocycles. The molecule has 0 aliphatic heterocycles. The van der Waals surface area contributed by atoms with Crippen LogP contribution in [0.5, 0.6) is 5.75 Å². The van der Waals surface area contributed by atoms with Crippen LogP contribution in [0.2, 0.25) is 5.02 Å². The summed E-state index contributed by atoms with van der Waals surface area (Å²) in [5, 5.41) is 12.5. The Hall–Kier alpha value is -2.25. The molecule has 2 rings (SSSR count). The van der Waals surface area contributed by atoms with Crippen molar-refractivity contribution >= 4 is 17.4 Å². The predicted octanol–water partition coefficient (Wildman–Crippen LogP) is 3.58. The van der Waals surface area contributed by atoms with Crippen LogP contribution in [0.15, 0.2) is 30.3 Å². The maximum absolute atomic E-state index is 8.90. The number of pyridine rings is 1. The van der Waals surface area contributed by atoms with Gasteiger partial charge < -0.3 is 10.1 Å². The highest BCUT2D eigenvalue weighted by molar-refractivity contribution is 6.31. The zero-order valence-electron chi connectivity index (χ0n) is 12.0. The topological polar surface area (TPSA) is 57.9 Å². The second-order valence-corrected chi connectivity index (χ2v) is 5.04. The van der Waals surface area contributed by atoms with Crippen LogP contribution in [0, 0.1) is 18.3 Å². The van der Waals surface area contributed by atoms with Crippen LogP contribution >= 0.6 is 11.6 Å². The molecule has 0 bridgehead atoms. The number of ether oxygens (including phenoxy) is 1. The summed E-state index contributed by atoms with van der Waals surface area (Å²) in [6.07, 6.45) is 0.803. The van der Waals surface area contributed by atoms with Crippen LogP contribution in [0.1, 0.15) is 16.8 Å². The maximum atomic E-state index is 8.90. The van der Waals surface area contributed by atoms with Gasteiger partial charge in [0.25, 0.3) is 0 Å². The highest BCUT2D eigenvalue weighted by Gasteiger charge is 2.05. The second kappa shape index (κ2) is 6.96. The van der Waals surface area contributed by atoms with Gasteiger partial charge in [0.15, 0.2) is 5.69 Å². The Morgan fingerprint density at radius 3 is 2.86 bits per heavy atom. The van der Waals surface area contributed by atoms with Crippen LogP contribution in [0.25, 0.3) is 0 Å². The zero-order valence-corrected chi connectivity index (χ0v) is 12.7. The zero-order chi connectivity index (χ0) is 15.2. The van der Waals surface area contributed by atoms with Crippen LogP contribution in [-0.2, 0) is 6.42 Å². The highest BCUT2D eigenvalue weighted by atomic mass is 35.5. The Balaban J connectivity index is 2.02. The molecule has 5 heteroatoms. The number of hydrogen-bond acceptors (Lipinski definition) is 4. The number of aryl methyl sites for hydroxylation is 1. The number of hydrogen-bond donors (Lipinski definition) is 1. The number of nitrogens with one attached hydrogen (secondary N) is 1. The van der Waals surface area contributed by atoms with Crippen molar-refractivity contribution in [3.05, 3.63) is 52.2 Å². The molecular formula is C16H16ClN3O. The summed E-state index contributed by atoms with van der Waals surface area (Å²) in [5.41, 5.74) is 2.57. The number of benzene rings is 1. The summed E-state index contributed by atoms with van der Waals surface area (Å²) in [6.45, 7) is 2.75. The van der Waals surface area contributed by atoms with Crippen molar-refractivity contribution in [1.82, 2.24) is 4.98 Å². The molecule has 4 nitrogen and oxygen atoms in total. The van der Waals surface area contributed by atoms with Crippen LogP contribution in [0.3, 0.4) is 0 Å². The van der Waals surface area contributed by atoms with Gasteiger partial charge in [0, 0.05) is 6.54 Å². The molecule has 108 valence electrons. The van der Waals surface area contributed by atoms with E-state index in [1.165, 1.54) is 5.56 Å². The summed E-state index contributed by atoms with van der Waals surface area (Å²) >= 11 is 5.85. The normalized spacial score (nSPS) is 10.0. The van der Waals surface area contributed by atoms with Crippen LogP contribution in [0.4, 0.5) is 5.82 Å². The molecule has 21 heavy (non-hydrogen) atoms. The van der Waals surface area contributed by atoms with Crippen molar-refractivity contribution in [3.63, 3.8) is 0 Å².